The van der Waals surface area contributed by atoms with Crippen LogP contribution >= 0.6 is 0 Å². The van der Waals surface area contributed by atoms with Gasteiger partial charge in [-0.05, 0) is 12.8 Å². The van der Waals surface area contributed by atoms with Gasteiger partial charge in [-0.15, -0.1) is 0 Å². The van der Waals surface area contributed by atoms with Crippen molar-refractivity contribution in [3.8, 4) is 0 Å². The maximum absolute atomic E-state index is 12.6. The van der Waals surface area contributed by atoms with Gasteiger partial charge in [-0.1, -0.05) is 393 Å². The third kappa shape index (κ3) is 58.9. The molecule has 0 aromatic heterocycles. The van der Waals surface area contributed by atoms with Gasteiger partial charge in [0.05, 0.1) is 18.8 Å². The summed E-state index contributed by atoms with van der Waals surface area (Å²) in [6.07, 6.45) is 80.7. The summed E-state index contributed by atoms with van der Waals surface area (Å²) in [7, 11) is 0. The van der Waals surface area contributed by atoms with E-state index in [0.29, 0.717) is 12.8 Å². The van der Waals surface area contributed by atoms with Gasteiger partial charge in [0.25, 0.3) is 0 Å². The lowest BCUT2D eigenvalue weighted by atomic mass is 10.0. The van der Waals surface area contributed by atoms with Crippen LogP contribution in [0.25, 0.3) is 0 Å². The number of nitrogens with one attached hydrogen (secondary N) is 1. The second kappa shape index (κ2) is 63.9. The minimum absolute atomic E-state index is 0.307. The number of carbonyl (C=O) groups is 1. The van der Waals surface area contributed by atoms with Gasteiger partial charge < -0.3 is 20.6 Å². The summed E-state index contributed by atoms with van der Waals surface area (Å²) >= 11 is 0. The van der Waals surface area contributed by atoms with Crippen molar-refractivity contribution in [1.82, 2.24) is 5.32 Å². The zero-order chi connectivity index (χ0) is 52.9. The maximum atomic E-state index is 12.6. The highest BCUT2D eigenvalue weighted by atomic mass is 16.3. The SMILES string of the molecule is CCCCCCCCCCCCCCCCCCCCCCCCCCCCCCCCCCCCC(O)C(=O)NC(CO)C(O)CCCCCCCCCCCCCCCCCCCCCCCCCCC. The maximum Gasteiger partial charge on any atom is 0.249 e. The highest BCUT2D eigenvalue weighted by Gasteiger charge is 2.23. The molecule has 0 aliphatic rings. The molecule has 0 fully saturated rings. The predicted octanol–water partition coefficient (Wildman–Crippen LogP) is 22.0. The van der Waals surface area contributed by atoms with E-state index in [-0.39, 0.29) is 6.61 Å². The molecule has 5 nitrogen and oxygen atoms in total. The Labute approximate surface area is 459 Å². The largest absolute Gasteiger partial charge is 0.394 e. The normalized spacial score (nSPS) is 13.0. The number of aliphatic hydroxyl groups excluding tert-OH is 3. The van der Waals surface area contributed by atoms with Crippen LogP contribution in [0.1, 0.15) is 406 Å². The van der Waals surface area contributed by atoms with Crippen LogP contribution in [0, 0.1) is 0 Å². The van der Waals surface area contributed by atoms with Crippen LogP contribution in [0.5, 0.6) is 0 Å². The number of unbranched alkanes of at least 4 members (excludes halogenated alkanes) is 57. The van der Waals surface area contributed by atoms with Gasteiger partial charge in [0, 0.05) is 0 Å². The van der Waals surface area contributed by atoms with Crippen molar-refractivity contribution in [2.45, 2.75) is 424 Å². The van der Waals surface area contributed by atoms with E-state index in [0.717, 1.165) is 32.1 Å². The van der Waals surface area contributed by atoms with E-state index >= 15 is 0 Å². The molecule has 0 saturated carbocycles. The minimum atomic E-state index is -1.07. The third-order valence-electron chi connectivity index (χ3n) is 16.7. The van der Waals surface area contributed by atoms with Gasteiger partial charge in [0.15, 0.2) is 0 Å². The van der Waals surface area contributed by atoms with Crippen molar-refractivity contribution in [2.24, 2.45) is 0 Å². The Kier molecular flexibility index (Phi) is 63.3. The zero-order valence-electron chi connectivity index (χ0n) is 50.3. The fourth-order valence-electron chi connectivity index (χ4n) is 11.4. The molecule has 0 spiro atoms. The Balaban J connectivity index is 3.42. The Hall–Kier alpha value is -0.650. The first-order chi connectivity index (χ1) is 36.1. The summed E-state index contributed by atoms with van der Waals surface area (Å²) in [6, 6.07) is -0.709. The zero-order valence-corrected chi connectivity index (χ0v) is 50.3. The second-order valence-corrected chi connectivity index (χ2v) is 24.1. The molecule has 0 bridgehead atoms. The molecule has 4 N–H and O–H groups in total. The number of hydrogen-bond donors (Lipinski definition) is 4. The first-order valence-corrected chi connectivity index (χ1v) is 34.3. The molecule has 0 aromatic rings. The smallest absolute Gasteiger partial charge is 0.249 e. The van der Waals surface area contributed by atoms with Gasteiger partial charge >= 0.3 is 0 Å². The third-order valence-corrected chi connectivity index (χ3v) is 16.7. The molecule has 0 aliphatic carbocycles. The lowest BCUT2D eigenvalue weighted by Crippen LogP contribution is -2.49. The van der Waals surface area contributed by atoms with Gasteiger partial charge in [0.1, 0.15) is 6.10 Å². The molecular formula is C68H137NO4. The summed E-state index contributed by atoms with van der Waals surface area (Å²) in [4.78, 5) is 12.6. The summed E-state index contributed by atoms with van der Waals surface area (Å²) < 4.78 is 0. The highest BCUT2D eigenvalue weighted by Crippen LogP contribution is 2.20. The highest BCUT2D eigenvalue weighted by molar-refractivity contribution is 5.80. The van der Waals surface area contributed by atoms with E-state index in [1.807, 2.05) is 0 Å². The Morgan fingerprint density at radius 2 is 0.438 bits per heavy atom. The average molecular weight is 1030 g/mol. The monoisotopic (exact) mass is 1030 g/mol. The molecular weight excluding hydrogens is 895 g/mol. The van der Waals surface area contributed by atoms with Crippen LogP contribution in [0.2, 0.25) is 0 Å². The van der Waals surface area contributed by atoms with Crippen molar-refractivity contribution in [3.05, 3.63) is 0 Å². The fourth-order valence-corrected chi connectivity index (χ4v) is 11.4. The van der Waals surface area contributed by atoms with E-state index in [1.165, 1.54) is 347 Å². The molecule has 5 heteroatoms. The topological polar surface area (TPSA) is 89.8 Å². The quantitative estimate of drug-likeness (QED) is 0.0457. The van der Waals surface area contributed by atoms with Gasteiger partial charge in [-0.2, -0.15) is 0 Å². The van der Waals surface area contributed by atoms with Crippen LogP contribution in [-0.2, 0) is 4.79 Å². The van der Waals surface area contributed by atoms with E-state index in [9.17, 15) is 20.1 Å². The van der Waals surface area contributed by atoms with Crippen LogP contribution in [-0.4, -0.2) is 46.1 Å². The lowest BCUT2D eigenvalue weighted by molar-refractivity contribution is -0.131. The van der Waals surface area contributed by atoms with E-state index in [1.54, 1.807) is 0 Å². The number of aliphatic hydroxyl groups is 3. The summed E-state index contributed by atoms with van der Waals surface area (Å²) in [5, 5.41) is 33.7. The second-order valence-electron chi connectivity index (χ2n) is 24.1. The van der Waals surface area contributed by atoms with E-state index < -0.39 is 24.2 Å². The number of carbonyl (C=O) groups excluding carboxylic acids is 1. The number of rotatable bonds is 65. The fraction of sp³-hybridized carbons (Fsp3) is 0.985. The first-order valence-electron chi connectivity index (χ1n) is 34.3. The predicted molar refractivity (Wildman–Crippen MR) is 324 cm³/mol. The Morgan fingerprint density at radius 3 is 0.616 bits per heavy atom. The standard InChI is InChI=1S/C68H137NO4/c1-3-5-7-9-11-13-15-17-19-21-23-25-27-29-30-31-32-33-34-35-36-37-39-41-43-45-47-49-51-53-55-57-59-61-63-67(72)68(73)69-65(64-70)66(71)62-60-58-56-54-52-50-48-46-44-42-40-38-28-26-24-22-20-18-16-14-12-10-8-6-4-2/h65-67,70-72H,3-64H2,1-2H3,(H,69,73). The first kappa shape index (κ1) is 72.3. The van der Waals surface area contributed by atoms with Crippen LogP contribution in [0.4, 0.5) is 0 Å². The van der Waals surface area contributed by atoms with Crippen LogP contribution in [0.3, 0.4) is 0 Å². The molecule has 0 aromatic carbocycles. The van der Waals surface area contributed by atoms with E-state index in [4.69, 9.17) is 0 Å². The molecule has 73 heavy (non-hydrogen) atoms. The van der Waals surface area contributed by atoms with Crippen molar-refractivity contribution in [2.75, 3.05) is 6.61 Å². The van der Waals surface area contributed by atoms with Crippen molar-refractivity contribution in [1.29, 1.82) is 0 Å². The van der Waals surface area contributed by atoms with Crippen molar-refractivity contribution < 1.29 is 20.1 Å². The molecule has 0 aliphatic heterocycles. The Bertz CT molecular complexity index is 1010. The van der Waals surface area contributed by atoms with Crippen LogP contribution < -0.4 is 5.32 Å². The lowest BCUT2D eigenvalue weighted by Gasteiger charge is -2.23. The molecule has 0 saturated heterocycles. The molecule has 0 radical (unpaired) electrons. The molecule has 3 unspecified atom stereocenters. The Morgan fingerprint density at radius 1 is 0.274 bits per heavy atom. The van der Waals surface area contributed by atoms with E-state index in [2.05, 4.69) is 19.2 Å². The summed E-state index contributed by atoms with van der Waals surface area (Å²) in [5.74, 6) is -0.459. The number of amides is 1. The average Bonchev–Trinajstić information content (AvgIpc) is 3.40. The molecule has 0 heterocycles. The van der Waals surface area contributed by atoms with Gasteiger partial charge in [0.2, 0.25) is 5.91 Å². The van der Waals surface area contributed by atoms with Crippen molar-refractivity contribution in [3.63, 3.8) is 0 Å². The molecule has 0 rings (SSSR count). The summed E-state index contributed by atoms with van der Waals surface area (Å²) in [6.45, 7) is 4.29. The molecule has 1 amide bonds. The van der Waals surface area contributed by atoms with Gasteiger partial charge in [-0.25, -0.2) is 0 Å². The summed E-state index contributed by atoms with van der Waals surface area (Å²) in [5.41, 5.74) is 0. The minimum Gasteiger partial charge on any atom is -0.394 e. The number of hydrogen-bond acceptors (Lipinski definition) is 4. The molecule has 438 valence electrons. The molecule has 3 atom stereocenters. The van der Waals surface area contributed by atoms with Crippen molar-refractivity contribution >= 4 is 5.91 Å². The van der Waals surface area contributed by atoms with Gasteiger partial charge in [-0.3, -0.25) is 4.79 Å². The van der Waals surface area contributed by atoms with Crippen LogP contribution in [0.15, 0.2) is 0 Å².